The van der Waals surface area contributed by atoms with Crippen LogP contribution in [0.2, 0.25) is 0 Å². The summed E-state index contributed by atoms with van der Waals surface area (Å²) in [4.78, 5) is 14.3. The van der Waals surface area contributed by atoms with Crippen LogP contribution >= 0.6 is 0 Å². The Morgan fingerprint density at radius 2 is 2.06 bits per heavy atom. The van der Waals surface area contributed by atoms with Gasteiger partial charge in [-0.3, -0.25) is 4.79 Å². The Hall–Kier alpha value is -1.35. The van der Waals surface area contributed by atoms with Crippen LogP contribution in [0.25, 0.3) is 0 Å². The lowest BCUT2D eigenvalue weighted by Gasteiger charge is -2.28. The molecule has 0 saturated carbocycles. The highest BCUT2D eigenvalue weighted by atomic mass is 16.2. The first kappa shape index (κ1) is 13.1. The molecule has 0 aliphatic carbocycles. The molecule has 3 nitrogen and oxygen atoms in total. The maximum atomic E-state index is 12.3. The molecule has 0 bridgehead atoms. The maximum absolute atomic E-state index is 12.3. The van der Waals surface area contributed by atoms with Crippen LogP contribution in [-0.2, 0) is 4.79 Å². The van der Waals surface area contributed by atoms with Crippen molar-refractivity contribution in [2.75, 3.05) is 19.6 Å². The molecule has 0 radical (unpaired) electrons. The van der Waals surface area contributed by atoms with E-state index in [4.69, 9.17) is 5.73 Å². The van der Waals surface area contributed by atoms with E-state index in [0.717, 1.165) is 19.5 Å². The van der Waals surface area contributed by atoms with Gasteiger partial charge in [0.15, 0.2) is 0 Å². The van der Waals surface area contributed by atoms with Gasteiger partial charge in [-0.1, -0.05) is 30.3 Å². The van der Waals surface area contributed by atoms with Gasteiger partial charge in [0.1, 0.15) is 0 Å². The molecule has 0 spiro atoms. The molecule has 1 fully saturated rings. The number of benzene rings is 1. The number of likely N-dealkylation sites (tertiary alicyclic amines) is 1. The molecule has 18 heavy (non-hydrogen) atoms. The number of nitrogens with two attached hydrogens (primary N) is 1. The van der Waals surface area contributed by atoms with E-state index in [1.54, 1.807) is 0 Å². The van der Waals surface area contributed by atoms with E-state index in [0.29, 0.717) is 12.5 Å². The van der Waals surface area contributed by atoms with Crippen molar-refractivity contribution in [1.82, 2.24) is 4.90 Å². The highest BCUT2D eigenvalue weighted by molar-refractivity contribution is 5.82. The molecule has 1 saturated heterocycles. The Balaban J connectivity index is 2.03. The number of carbonyl (C=O) groups is 1. The van der Waals surface area contributed by atoms with E-state index in [1.807, 2.05) is 24.8 Å². The van der Waals surface area contributed by atoms with Crippen LogP contribution in [0.4, 0.5) is 0 Å². The number of carbonyl (C=O) groups excluding carboxylic acids is 1. The highest BCUT2D eigenvalue weighted by Gasteiger charge is 2.35. The molecule has 0 aromatic heterocycles. The normalized spacial score (nSPS) is 20.2. The zero-order chi connectivity index (χ0) is 13.2. The Kier molecular flexibility index (Phi) is 3.71. The minimum absolute atomic E-state index is 0.184. The molecule has 1 heterocycles. The molecule has 98 valence electrons. The fraction of sp³-hybridized carbons (Fsp3) is 0.533. The first-order valence-corrected chi connectivity index (χ1v) is 6.59. The summed E-state index contributed by atoms with van der Waals surface area (Å²) in [6, 6.07) is 10.4. The second-order valence-corrected chi connectivity index (χ2v) is 5.74. The molecular formula is C15H22N2O. The van der Waals surface area contributed by atoms with Gasteiger partial charge in [-0.25, -0.2) is 0 Å². The fourth-order valence-electron chi connectivity index (χ4n) is 2.46. The summed E-state index contributed by atoms with van der Waals surface area (Å²) in [7, 11) is 0. The van der Waals surface area contributed by atoms with Gasteiger partial charge >= 0.3 is 0 Å². The minimum atomic E-state index is -0.439. The van der Waals surface area contributed by atoms with E-state index in [-0.39, 0.29) is 5.91 Å². The van der Waals surface area contributed by atoms with Gasteiger partial charge in [0.25, 0.3) is 0 Å². The first-order valence-electron chi connectivity index (χ1n) is 6.59. The highest BCUT2D eigenvalue weighted by Crippen LogP contribution is 2.29. The van der Waals surface area contributed by atoms with Crippen LogP contribution in [0, 0.1) is 5.41 Å². The zero-order valence-corrected chi connectivity index (χ0v) is 11.2. The largest absolute Gasteiger partial charge is 0.342 e. The lowest BCUT2D eigenvalue weighted by molar-refractivity contribution is -0.138. The second kappa shape index (κ2) is 5.11. The van der Waals surface area contributed by atoms with E-state index < -0.39 is 5.41 Å². The summed E-state index contributed by atoms with van der Waals surface area (Å²) in [6.45, 7) is 5.92. The third-order valence-electron chi connectivity index (χ3n) is 3.84. The number of rotatable bonds is 3. The van der Waals surface area contributed by atoms with Crippen LogP contribution in [0.3, 0.4) is 0 Å². The topological polar surface area (TPSA) is 46.3 Å². The predicted octanol–water partition coefficient (Wildman–Crippen LogP) is 1.99. The standard InChI is InChI=1S/C15H22N2O/c1-15(2,11-16)14(18)17-9-8-13(10-17)12-6-4-3-5-7-12/h3-7,13H,8-11,16H2,1-2H3. The average molecular weight is 246 g/mol. The number of hydrogen-bond donors (Lipinski definition) is 1. The second-order valence-electron chi connectivity index (χ2n) is 5.74. The Morgan fingerprint density at radius 3 is 2.67 bits per heavy atom. The minimum Gasteiger partial charge on any atom is -0.342 e. The van der Waals surface area contributed by atoms with Crippen molar-refractivity contribution in [2.24, 2.45) is 11.1 Å². The van der Waals surface area contributed by atoms with Crippen molar-refractivity contribution in [3.63, 3.8) is 0 Å². The molecule has 1 aromatic carbocycles. The summed E-state index contributed by atoms with van der Waals surface area (Å²) in [5.41, 5.74) is 6.57. The molecule has 1 aliphatic heterocycles. The van der Waals surface area contributed by atoms with Crippen LogP contribution in [0.15, 0.2) is 30.3 Å². The summed E-state index contributed by atoms with van der Waals surface area (Å²) >= 11 is 0. The SMILES string of the molecule is CC(C)(CN)C(=O)N1CCC(c2ccccc2)C1. The molecule has 3 heteroatoms. The van der Waals surface area contributed by atoms with Crippen molar-refractivity contribution in [1.29, 1.82) is 0 Å². The van der Waals surface area contributed by atoms with Gasteiger partial charge in [-0.2, -0.15) is 0 Å². The number of amides is 1. The van der Waals surface area contributed by atoms with Gasteiger partial charge in [0.2, 0.25) is 5.91 Å². The van der Waals surface area contributed by atoms with Crippen molar-refractivity contribution in [2.45, 2.75) is 26.2 Å². The quantitative estimate of drug-likeness (QED) is 0.886. The Bertz CT molecular complexity index is 414. The van der Waals surface area contributed by atoms with Crippen molar-refractivity contribution in [3.8, 4) is 0 Å². The Labute approximate surface area is 109 Å². The fourth-order valence-corrected chi connectivity index (χ4v) is 2.46. The first-order chi connectivity index (χ1) is 8.54. The van der Waals surface area contributed by atoms with Crippen molar-refractivity contribution >= 4 is 5.91 Å². The van der Waals surface area contributed by atoms with Crippen molar-refractivity contribution in [3.05, 3.63) is 35.9 Å². The predicted molar refractivity (Wildman–Crippen MR) is 73.2 cm³/mol. The van der Waals surface area contributed by atoms with E-state index in [2.05, 4.69) is 24.3 Å². The third kappa shape index (κ3) is 2.56. The molecule has 1 aliphatic rings. The molecule has 1 aromatic rings. The van der Waals surface area contributed by atoms with Crippen LogP contribution < -0.4 is 5.73 Å². The molecule has 1 amide bonds. The molecule has 2 rings (SSSR count). The van der Waals surface area contributed by atoms with E-state index in [1.165, 1.54) is 5.56 Å². The van der Waals surface area contributed by atoms with E-state index in [9.17, 15) is 4.79 Å². The van der Waals surface area contributed by atoms with Crippen LogP contribution in [0.1, 0.15) is 31.7 Å². The lowest BCUT2D eigenvalue weighted by atomic mass is 9.92. The maximum Gasteiger partial charge on any atom is 0.229 e. The summed E-state index contributed by atoms with van der Waals surface area (Å²) in [6.07, 6.45) is 1.05. The van der Waals surface area contributed by atoms with Crippen LogP contribution in [-0.4, -0.2) is 30.4 Å². The van der Waals surface area contributed by atoms with Crippen LogP contribution in [0.5, 0.6) is 0 Å². The smallest absolute Gasteiger partial charge is 0.229 e. The monoisotopic (exact) mass is 246 g/mol. The third-order valence-corrected chi connectivity index (χ3v) is 3.84. The summed E-state index contributed by atoms with van der Waals surface area (Å²) in [5.74, 6) is 0.659. The molecular weight excluding hydrogens is 224 g/mol. The number of hydrogen-bond acceptors (Lipinski definition) is 2. The van der Waals surface area contributed by atoms with Crippen molar-refractivity contribution < 1.29 is 4.79 Å². The van der Waals surface area contributed by atoms with Gasteiger partial charge in [0, 0.05) is 25.6 Å². The molecule has 2 N–H and O–H groups in total. The van der Waals surface area contributed by atoms with Gasteiger partial charge in [-0.05, 0) is 25.8 Å². The Morgan fingerprint density at radius 1 is 1.39 bits per heavy atom. The summed E-state index contributed by atoms with van der Waals surface area (Å²) in [5, 5.41) is 0. The zero-order valence-electron chi connectivity index (χ0n) is 11.2. The average Bonchev–Trinajstić information content (AvgIpc) is 2.88. The van der Waals surface area contributed by atoms with Gasteiger partial charge < -0.3 is 10.6 Å². The van der Waals surface area contributed by atoms with Gasteiger partial charge in [0.05, 0.1) is 5.41 Å². The number of nitrogens with zero attached hydrogens (tertiary/aromatic N) is 1. The van der Waals surface area contributed by atoms with E-state index >= 15 is 0 Å². The molecule has 1 atom stereocenters. The van der Waals surface area contributed by atoms with Gasteiger partial charge in [-0.15, -0.1) is 0 Å². The summed E-state index contributed by atoms with van der Waals surface area (Å²) < 4.78 is 0. The molecule has 1 unspecified atom stereocenters. The lowest BCUT2D eigenvalue weighted by Crippen LogP contribution is -2.43.